The first-order valence-corrected chi connectivity index (χ1v) is 5.82. The van der Waals surface area contributed by atoms with Gasteiger partial charge in [-0.2, -0.15) is 0 Å². The van der Waals surface area contributed by atoms with Gasteiger partial charge in [0.05, 0.1) is 0 Å². The minimum Gasteiger partial charge on any atom is -0.478 e. The minimum absolute atomic E-state index is 0.362. The number of hydrogen-bond donors (Lipinski definition) is 2. The molecule has 0 aliphatic heterocycles. The van der Waals surface area contributed by atoms with Gasteiger partial charge in [-0.3, -0.25) is 0 Å². The van der Waals surface area contributed by atoms with Crippen molar-refractivity contribution in [3.8, 4) is 0 Å². The average Bonchev–Trinajstić information content (AvgIpc) is 2.21. The van der Waals surface area contributed by atoms with E-state index in [9.17, 15) is 4.79 Å². The van der Waals surface area contributed by atoms with Crippen LogP contribution in [0.25, 0.3) is 0 Å². The molecular formula is C12H23NO2. The molecule has 3 heteroatoms. The fourth-order valence-electron chi connectivity index (χ4n) is 1.29. The summed E-state index contributed by atoms with van der Waals surface area (Å²) in [5.74, 6) is -0.856. The highest BCUT2D eigenvalue weighted by Gasteiger charge is 1.97. The summed E-state index contributed by atoms with van der Waals surface area (Å²) in [6.45, 7) is 4.67. The van der Waals surface area contributed by atoms with E-state index in [2.05, 4.69) is 12.2 Å². The minimum atomic E-state index is -0.856. The van der Waals surface area contributed by atoms with Crippen LogP contribution < -0.4 is 5.32 Å². The fraction of sp³-hybridized carbons (Fsp3) is 0.750. The largest absolute Gasteiger partial charge is 0.478 e. The molecule has 0 spiro atoms. The van der Waals surface area contributed by atoms with Crippen molar-refractivity contribution in [1.29, 1.82) is 0 Å². The van der Waals surface area contributed by atoms with E-state index in [1.165, 1.54) is 32.1 Å². The van der Waals surface area contributed by atoms with Crippen LogP contribution in [-0.4, -0.2) is 17.6 Å². The van der Waals surface area contributed by atoms with Crippen molar-refractivity contribution in [3.05, 3.63) is 11.8 Å². The van der Waals surface area contributed by atoms with Gasteiger partial charge in [0, 0.05) is 18.3 Å². The standard InChI is InChI=1S/C12H23NO2/c1-3-4-5-6-7-8-9-13-10-11(2)12(14)15/h10,13H,3-9H2,1-2H3,(H,14,15). The third kappa shape index (κ3) is 9.32. The Bertz CT molecular complexity index is 200. The summed E-state index contributed by atoms with van der Waals surface area (Å²) in [5, 5.41) is 11.6. The van der Waals surface area contributed by atoms with Crippen molar-refractivity contribution in [3.63, 3.8) is 0 Å². The van der Waals surface area contributed by atoms with E-state index >= 15 is 0 Å². The average molecular weight is 213 g/mol. The van der Waals surface area contributed by atoms with Gasteiger partial charge in [0.25, 0.3) is 0 Å². The van der Waals surface area contributed by atoms with Crippen LogP contribution in [0.3, 0.4) is 0 Å². The molecule has 88 valence electrons. The SMILES string of the molecule is CCCCCCCCNC=C(C)C(=O)O. The molecule has 15 heavy (non-hydrogen) atoms. The molecule has 0 bridgehead atoms. The maximum atomic E-state index is 10.4. The summed E-state index contributed by atoms with van der Waals surface area (Å²) < 4.78 is 0. The summed E-state index contributed by atoms with van der Waals surface area (Å²) in [5.41, 5.74) is 0.362. The quantitative estimate of drug-likeness (QED) is 0.457. The Hall–Kier alpha value is -0.990. The number of rotatable bonds is 9. The highest BCUT2D eigenvalue weighted by molar-refractivity contribution is 5.85. The second-order valence-corrected chi connectivity index (χ2v) is 3.85. The van der Waals surface area contributed by atoms with Crippen LogP contribution >= 0.6 is 0 Å². The molecule has 0 fully saturated rings. The Morgan fingerprint density at radius 2 is 1.80 bits per heavy atom. The van der Waals surface area contributed by atoms with Crippen molar-refractivity contribution >= 4 is 5.97 Å². The molecule has 0 rings (SSSR count). The van der Waals surface area contributed by atoms with Gasteiger partial charge in [-0.05, 0) is 13.3 Å². The van der Waals surface area contributed by atoms with E-state index in [4.69, 9.17) is 5.11 Å². The Balaban J connectivity index is 3.25. The number of carboxylic acids is 1. The molecular weight excluding hydrogens is 190 g/mol. The van der Waals surface area contributed by atoms with Crippen molar-refractivity contribution in [2.75, 3.05) is 6.54 Å². The summed E-state index contributed by atoms with van der Waals surface area (Å²) in [6, 6.07) is 0. The van der Waals surface area contributed by atoms with Crippen molar-refractivity contribution in [2.24, 2.45) is 0 Å². The van der Waals surface area contributed by atoms with E-state index in [1.807, 2.05) is 0 Å². The van der Waals surface area contributed by atoms with Crippen molar-refractivity contribution in [2.45, 2.75) is 52.4 Å². The van der Waals surface area contributed by atoms with Crippen LogP contribution in [0, 0.1) is 0 Å². The molecule has 0 unspecified atom stereocenters. The van der Waals surface area contributed by atoms with Gasteiger partial charge >= 0.3 is 5.97 Å². The van der Waals surface area contributed by atoms with Crippen LogP contribution in [0.2, 0.25) is 0 Å². The predicted molar refractivity (Wildman–Crippen MR) is 62.8 cm³/mol. The second-order valence-electron chi connectivity index (χ2n) is 3.85. The summed E-state index contributed by atoms with van der Waals surface area (Å²) in [6.07, 6.45) is 9.14. The van der Waals surface area contributed by atoms with Crippen LogP contribution in [0.1, 0.15) is 52.4 Å². The highest BCUT2D eigenvalue weighted by atomic mass is 16.4. The molecule has 0 aromatic carbocycles. The molecule has 0 saturated carbocycles. The van der Waals surface area contributed by atoms with Gasteiger partial charge in [-0.1, -0.05) is 39.0 Å². The van der Waals surface area contributed by atoms with Crippen molar-refractivity contribution in [1.82, 2.24) is 5.32 Å². The van der Waals surface area contributed by atoms with E-state index < -0.39 is 5.97 Å². The topological polar surface area (TPSA) is 49.3 Å². The number of aliphatic carboxylic acids is 1. The monoisotopic (exact) mass is 213 g/mol. The first-order chi connectivity index (χ1) is 7.18. The summed E-state index contributed by atoms with van der Waals surface area (Å²) in [7, 11) is 0. The zero-order valence-electron chi connectivity index (χ0n) is 9.88. The number of carbonyl (C=O) groups is 1. The predicted octanol–water partition coefficient (Wildman–Crippen LogP) is 2.92. The van der Waals surface area contributed by atoms with Crippen LogP contribution in [0.5, 0.6) is 0 Å². The molecule has 0 aromatic heterocycles. The first-order valence-electron chi connectivity index (χ1n) is 5.82. The number of unbranched alkanes of at least 4 members (excludes halogenated alkanes) is 5. The number of carboxylic acid groups (broad SMARTS) is 1. The smallest absolute Gasteiger partial charge is 0.332 e. The van der Waals surface area contributed by atoms with Gasteiger partial charge in [0.15, 0.2) is 0 Å². The molecule has 0 heterocycles. The Kier molecular flexibility index (Phi) is 8.93. The number of hydrogen-bond acceptors (Lipinski definition) is 2. The first kappa shape index (κ1) is 14.0. The third-order valence-corrected chi connectivity index (χ3v) is 2.33. The lowest BCUT2D eigenvalue weighted by molar-refractivity contribution is -0.132. The van der Waals surface area contributed by atoms with Gasteiger partial charge in [-0.25, -0.2) is 4.79 Å². The lowest BCUT2D eigenvalue weighted by Gasteiger charge is -2.02. The van der Waals surface area contributed by atoms with Gasteiger partial charge in [-0.15, -0.1) is 0 Å². The molecule has 3 nitrogen and oxygen atoms in total. The van der Waals surface area contributed by atoms with Gasteiger partial charge in [0.1, 0.15) is 0 Å². The van der Waals surface area contributed by atoms with Crippen LogP contribution in [0.4, 0.5) is 0 Å². The molecule has 0 saturated heterocycles. The molecule has 0 aliphatic carbocycles. The molecule has 0 aromatic rings. The maximum Gasteiger partial charge on any atom is 0.332 e. The van der Waals surface area contributed by atoms with Crippen LogP contribution in [-0.2, 0) is 4.79 Å². The lowest BCUT2D eigenvalue weighted by atomic mass is 10.1. The normalized spacial score (nSPS) is 11.5. The molecule has 0 aliphatic rings. The van der Waals surface area contributed by atoms with Crippen LogP contribution in [0.15, 0.2) is 11.8 Å². The lowest BCUT2D eigenvalue weighted by Crippen LogP contribution is -2.10. The zero-order chi connectivity index (χ0) is 11.5. The van der Waals surface area contributed by atoms with Gasteiger partial charge in [0.2, 0.25) is 0 Å². The Morgan fingerprint density at radius 1 is 1.20 bits per heavy atom. The third-order valence-electron chi connectivity index (χ3n) is 2.33. The Labute approximate surface area is 92.6 Å². The van der Waals surface area contributed by atoms with E-state index in [-0.39, 0.29) is 0 Å². The summed E-state index contributed by atoms with van der Waals surface area (Å²) in [4.78, 5) is 10.4. The molecule has 0 atom stereocenters. The van der Waals surface area contributed by atoms with Gasteiger partial charge < -0.3 is 10.4 Å². The maximum absolute atomic E-state index is 10.4. The number of nitrogens with one attached hydrogen (secondary N) is 1. The second kappa shape index (κ2) is 9.56. The zero-order valence-corrected chi connectivity index (χ0v) is 9.88. The highest BCUT2D eigenvalue weighted by Crippen LogP contribution is 2.04. The summed E-state index contributed by atoms with van der Waals surface area (Å²) >= 11 is 0. The fourth-order valence-corrected chi connectivity index (χ4v) is 1.29. The molecule has 2 N–H and O–H groups in total. The van der Waals surface area contributed by atoms with E-state index in [0.29, 0.717) is 5.57 Å². The van der Waals surface area contributed by atoms with Crippen molar-refractivity contribution < 1.29 is 9.90 Å². The molecule has 0 radical (unpaired) electrons. The molecule has 0 amide bonds. The van der Waals surface area contributed by atoms with E-state index in [0.717, 1.165) is 13.0 Å². The van der Waals surface area contributed by atoms with E-state index in [1.54, 1.807) is 13.1 Å². The Morgan fingerprint density at radius 3 is 2.40 bits per heavy atom.